The summed E-state index contributed by atoms with van der Waals surface area (Å²) in [7, 11) is 0. The summed E-state index contributed by atoms with van der Waals surface area (Å²) in [5, 5.41) is 2.93. The Bertz CT molecular complexity index is 476. The zero-order valence-electron chi connectivity index (χ0n) is 9.12. The Balaban J connectivity index is 2.02. The smallest absolute Gasteiger partial charge is 0.214 e. The topological polar surface area (TPSA) is 51.0 Å². The van der Waals surface area contributed by atoms with Crippen LogP contribution in [0.2, 0.25) is 0 Å². The van der Waals surface area contributed by atoms with Gasteiger partial charge < -0.3 is 9.73 Å². The van der Waals surface area contributed by atoms with Crippen LogP contribution in [0.25, 0.3) is 0 Å². The number of aromatic nitrogens is 2. The summed E-state index contributed by atoms with van der Waals surface area (Å²) in [4.78, 5) is 7.87. The van der Waals surface area contributed by atoms with Gasteiger partial charge in [0, 0.05) is 0 Å². The van der Waals surface area contributed by atoms with E-state index in [2.05, 4.69) is 15.3 Å². The Morgan fingerprint density at radius 2 is 2.12 bits per heavy atom. The first-order chi connectivity index (χ1) is 7.65. The summed E-state index contributed by atoms with van der Waals surface area (Å²) in [6.07, 6.45) is 0. The molecule has 1 N–H and O–H groups in total. The molecule has 2 aromatic heterocycles. The predicted molar refractivity (Wildman–Crippen MR) is 57.5 cm³/mol. The zero-order chi connectivity index (χ0) is 11.5. The number of nitrogens with zero attached hydrogens (tertiary/aromatic N) is 2. The second-order valence-electron chi connectivity index (χ2n) is 3.45. The van der Waals surface area contributed by atoms with Crippen molar-refractivity contribution >= 4 is 5.82 Å². The minimum absolute atomic E-state index is 0.394. The molecule has 16 heavy (non-hydrogen) atoms. The van der Waals surface area contributed by atoms with Gasteiger partial charge in [0.15, 0.2) is 0 Å². The molecular weight excluding hydrogens is 209 g/mol. The summed E-state index contributed by atoms with van der Waals surface area (Å²) < 4.78 is 18.1. The van der Waals surface area contributed by atoms with E-state index in [1.807, 2.05) is 13.8 Å². The molecule has 0 unspecified atom stereocenters. The summed E-state index contributed by atoms with van der Waals surface area (Å²) in [5.41, 5.74) is 0.865. The van der Waals surface area contributed by atoms with Gasteiger partial charge in [-0.05, 0) is 26.0 Å². The molecule has 2 aromatic rings. The van der Waals surface area contributed by atoms with Gasteiger partial charge in [-0.25, -0.2) is 9.97 Å². The lowest BCUT2D eigenvalue weighted by Gasteiger charge is -2.01. The highest BCUT2D eigenvalue weighted by molar-refractivity contribution is 5.33. The highest BCUT2D eigenvalue weighted by atomic mass is 19.1. The van der Waals surface area contributed by atoms with Gasteiger partial charge in [-0.15, -0.1) is 0 Å². The highest BCUT2D eigenvalue weighted by Crippen LogP contribution is 2.10. The number of halogens is 1. The second-order valence-corrected chi connectivity index (χ2v) is 3.45. The highest BCUT2D eigenvalue weighted by Gasteiger charge is 2.05. The fraction of sp³-hybridized carbons (Fsp3) is 0.273. The summed E-state index contributed by atoms with van der Waals surface area (Å²) in [6.45, 7) is 4.13. The first-order valence-electron chi connectivity index (χ1n) is 4.94. The molecule has 0 aliphatic heterocycles. The van der Waals surface area contributed by atoms with E-state index >= 15 is 0 Å². The number of pyridine rings is 1. The number of aryl methyl sites for hydroxylation is 2. The lowest BCUT2D eigenvalue weighted by atomic mass is 10.4. The standard InChI is InChI=1S/C11H12FN3O/c1-7-8(2)16-11(14-7)6-13-10-5-3-4-9(12)15-10/h3-5H,6H2,1-2H3,(H,13,15). The first-order valence-corrected chi connectivity index (χ1v) is 4.94. The van der Waals surface area contributed by atoms with Gasteiger partial charge in [-0.3, -0.25) is 0 Å². The Morgan fingerprint density at radius 1 is 1.31 bits per heavy atom. The fourth-order valence-corrected chi connectivity index (χ4v) is 1.29. The van der Waals surface area contributed by atoms with E-state index in [4.69, 9.17) is 4.42 Å². The number of nitrogens with one attached hydrogen (secondary N) is 1. The van der Waals surface area contributed by atoms with E-state index in [0.29, 0.717) is 18.3 Å². The van der Waals surface area contributed by atoms with Gasteiger partial charge in [0.25, 0.3) is 0 Å². The molecule has 0 fully saturated rings. The van der Waals surface area contributed by atoms with Crippen LogP contribution in [0, 0.1) is 19.8 Å². The van der Waals surface area contributed by atoms with Gasteiger partial charge in [0.05, 0.1) is 12.2 Å². The normalized spacial score (nSPS) is 10.4. The lowest BCUT2D eigenvalue weighted by molar-refractivity contribution is 0.477. The lowest BCUT2D eigenvalue weighted by Crippen LogP contribution is -2.02. The van der Waals surface area contributed by atoms with Crippen molar-refractivity contribution in [2.45, 2.75) is 20.4 Å². The molecule has 4 nitrogen and oxygen atoms in total. The molecule has 2 heterocycles. The number of rotatable bonds is 3. The van der Waals surface area contributed by atoms with Crippen molar-refractivity contribution < 1.29 is 8.81 Å². The molecule has 2 rings (SSSR count). The van der Waals surface area contributed by atoms with Crippen LogP contribution in [0.3, 0.4) is 0 Å². The zero-order valence-corrected chi connectivity index (χ0v) is 9.12. The maximum absolute atomic E-state index is 12.8. The Hall–Kier alpha value is -1.91. The van der Waals surface area contributed by atoms with Crippen molar-refractivity contribution in [3.8, 4) is 0 Å². The van der Waals surface area contributed by atoms with Crippen molar-refractivity contribution in [3.05, 3.63) is 41.5 Å². The van der Waals surface area contributed by atoms with E-state index in [-0.39, 0.29) is 0 Å². The maximum Gasteiger partial charge on any atom is 0.214 e. The molecule has 5 heteroatoms. The molecule has 0 atom stereocenters. The van der Waals surface area contributed by atoms with E-state index in [1.165, 1.54) is 6.07 Å². The Kier molecular flexibility index (Phi) is 2.85. The number of hydrogen-bond acceptors (Lipinski definition) is 4. The number of hydrogen-bond donors (Lipinski definition) is 1. The van der Waals surface area contributed by atoms with Crippen LogP contribution in [0.5, 0.6) is 0 Å². The Morgan fingerprint density at radius 3 is 2.75 bits per heavy atom. The quantitative estimate of drug-likeness (QED) is 0.809. The van der Waals surface area contributed by atoms with E-state index in [1.54, 1.807) is 12.1 Å². The average molecular weight is 221 g/mol. The molecular formula is C11H12FN3O. The fourth-order valence-electron chi connectivity index (χ4n) is 1.29. The third-order valence-electron chi connectivity index (χ3n) is 2.21. The summed E-state index contributed by atoms with van der Waals surface area (Å²) in [6, 6.07) is 4.58. The van der Waals surface area contributed by atoms with Gasteiger partial charge in [-0.2, -0.15) is 4.39 Å². The summed E-state index contributed by atoms with van der Waals surface area (Å²) >= 11 is 0. The minimum Gasteiger partial charge on any atom is -0.444 e. The average Bonchev–Trinajstić information content (AvgIpc) is 2.56. The molecule has 0 spiro atoms. The number of anilines is 1. The van der Waals surface area contributed by atoms with Crippen LogP contribution in [0.4, 0.5) is 10.2 Å². The van der Waals surface area contributed by atoms with Crippen LogP contribution in [-0.2, 0) is 6.54 Å². The van der Waals surface area contributed by atoms with Gasteiger partial charge in [0.2, 0.25) is 11.8 Å². The molecule has 0 amide bonds. The van der Waals surface area contributed by atoms with Crippen LogP contribution in [-0.4, -0.2) is 9.97 Å². The maximum atomic E-state index is 12.8. The largest absolute Gasteiger partial charge is 0.444 e. The van der Waals surface area contributed by atoms with Crippen molar-refractivity contribution in [3.63, 3.8) is 0 Å². The molecule has 0 radical (unpaired) electrons. The molecule has 84 valence electrons. The van der Waals surface area contributed by atoms with Crippen molar-refractivity contribution in [1.29, 1.82) is 0 Å². The van der Waals surface area contributed by atoms with Crippen LogP contribution in [0.1, 0.15) is 17.3 Å². The molecule has 0 aliphatic carbocycles. The van der Waals surface area contributed by atoms with Gasteiger partial charge in [0.1, 0.15) is 11.6 Å². The minimum atomic E-state index is -0.509. The Labute approximate surface area is 92.5 Å². The van der Waals surface area contributed by atoms with Crippen molar-refractivity contribution in [2.24, 2.45) is 0 Å². The first kappa shape index (κ1) is 10.6. The van der Waals surface area contributed by atoms with Crippen LogP contribution < -0.4 is 5.32 Å². The van der Waals surface area contributed by atoms with Gasteiger partial charge in [-0.1, -0.05) is 6.07 Å². The predicted octanol–water partition coefficient (Wildman–Crippen LogP) is 2.44. The summed E-state index contributed by atoms with van der Waals surface area (Å²) in [5.74, 6) is 1.32. The molecule has 0 saturated heterocycles. The van der Waals surface area contributed by atoms with Gasteiger partial charge >= 0.3 is 0 Å². The molecule has 0 saturated carbocycles. The third-order valence-corrected chi connectivity index (χ3v) is 2.21. The van der Waals surface area contributed by atoms with E-state index < -0.39 is 5.95 Å². The van der Waals surface area contributed by atoms with E-state index in [0.717, 1.165) is 11.5 Å². The SMILES string of the molecule is Cc1nc(CNc2cccc(F)n2)oc1C. The molecule has 0 aromatic carbocycles. The molecule has 0 bridgehead atoms. The van der Waals surface area contributed by atoms with Crippen LogP contribution in [0.15, 0.2) is 22.6 Å². The third kappa shape index (κ3) is 2.36. The molecule has 0 aliphatic rings. The van der Waals surface area contributed by atoms with Crippen molar-refractivity contribution in [2.75, 3.05) is 5.32 Å². The van der Waals surface area contributed by atoms with Crippen LogP contribution >= 0.6 is 0 Å². The second kappa shape index (κ2) is 4.30. The monoisotopic (exact) mass is 221 g/mol. The van der Waals surface area contributed by atoms with Crippen molar-refractivity contribution in [1.82, 2.24) is 9.97 Å². The van der Waals surface area contributed by atoms with E-state index in [9.17, 15) is 4.39 Å². The number of oxazole rings is 1.